The first-order valence-electron chi connectivity index (χ1n) is 11.4. The van der Waals surface area contributed by atoms with Crippen LogP contribution in [0.1, 0.15) is 60.0 Å². The topological polar surface area (TPSA) is 59.3 Å². The molecule has 158 valence electrons. The van der Waals surface area contributed by atoms with Crippen molar-refractivity contribution < 1.29 is 9.21 Å². The molecule has 0 spiro atoms. The average molecular weight is 414 g/mol. The zero-order valence-electron chi connectivity index (χ0n) is 17.8. The van der Waals surface area contributed by atoms with Crippen molar-refractivity contribution in [2.45, 2.75) is 50.9 Å². The van der Waals surface area contributed by atoms with Gasteiger partial charge in [0.1, 0.15) is 11.1 Å². The zero-order valence-corrected chi connectivity index (χ0v) is 17.8. The molecule has 1 heterocycles. The summed E-state index contributed by atoms with van der Waals surface area (Å²) < 4.78 is 5.53. The third kappa shape index (κ3) is 3.20. The highest BCUT2D eigenvalue weighted by molar-refractivity contribution is 6.05. The second-order valence-electron chi connectivity index (χ2n) is 10.2. The van der Waals surface area contributed by atoms with Crippen molar-refractivity contribution in [3.05, 3.63) is 75.6 Å². The normalized spacial score (nSPS) is 28.7. The van der Waals surface area contributed by atoms with Crippen molar-refractivity contribution in [1.29, 1.82) is 0 Å². The van der Waals surface area contributed by atoms with E-state index in [4.69, 9.17) is 4.42 Å². The van der Waals surface area contributed by atoms with Crippen LogP contribution in [0, 0.1) is 24.7 Å². The van der Waals surface area contributed by atoms with Crippen molar-refractivity contribution in [1.82, 2.24) is 0 Å². The molecule has 1 amide bonds. The molecule has 4 saturated carbocycles. The van der Waals surface area contributed by atoms with Gasteiger partial charge in [0.05, 0.1) is 0 Å². The van der Waals surface area contributed by atoms with E-state index >= 15 is 0 Å². The summed E-state index contributed by atoms with van der Waals surface area (Å²) in [7, 11) is 0. The van der Waals surface area contributed by atoms with Gasteiger partial charge in [-0.2, -0.15) is 0 Å². The van der Waals surface area contributed by atoms with Crippen LogP contribution in [-0.2, 0) is 5.41 Å². The lowest BCUT2D eigenvalue weighted by atomic mass is 9.48. The second-order valence-corrected chi connectivity index (χ2v) is 10.2. The Morgan fingerprint density at radius 3 is 2.23 bits per heavy atom. The van der Waals surface area contributed by atoms with E-state index in [2.05, 4.69) is 17.4 Å². The van der Waals surface area contributed by atoms with Crippen molar-refractivity contribution in [3.8, 4) is 0 Å². The lowest BCUT2D eigenvalue weighted by Crippen LogP contribution is -2.48. The minimum absolute atomic E-state index is 0.0516. The van der Waals surface area contributed by atoms with Gasteiger partial charge in [0.15, 0.2) is 0 Å². The Hall–Kier alpha value is -2.88. The van der Waals surface area contributed by atoms with E-state index in [0.29, 0.717) is 11.3 Å². The van der Waals surface area contributed by atoms with Gasteiger partial charge in [-0.15, -0.1) is 0 Å². The predicted molar refractivity (Wildman–Crippen MR) is 121 cm³/mol. The van der Waals surface area contributed by atoms with Crippen LogP contribution in [0.2, 0.25) is 0 Å². The highest BCUT2D eigenvalue weighted by Crippen LogP contribution is 2.60. The number of fused-ring (bicyclic) bond motifs is 1. The van der Waals surface area contributed by atoms with Gasteiger partial charge in [-0.1, -0.05) is 23.8 Å². The number of anilines is 1. The Morgan fingerprint density at radius 2 is 1.58 bits per heavy atom. The molecule has 0 radical (unpaired) electrons. The Balaban J connectivity index is 1.35. The smallest absolute Gasteiger partial charge is 0.349 e. The Bertz CT molecular complexity index is 1200. The molecule has 31 heavy (non-hydrogen) atoms. The molecule has 4 heteroatoms. The average Bonchev–Trinajstić information content (AvgIpc) is 2.73. The molecule has 0 aliphatic heterocycles. The lowest BCUT2D eigenvalue weighted by molar-refractivity contribution is -0.00513. The standard InChI is InChI=1S/C27H27NO3/c1-16-2-5-22(6-3-16)28-25(29)23-12-20-11-21(4-7-24(20)31-26(23)30)27-13-17-8-18(14-27)10-19(9-17)15-27/h2-7,11-12,17-19H,8-10,13-15H2,1H3,(H,28,29). The quantitative estimate of drug-likeness (QED) is 0.550. The van der Waals surface area contributed by atoms with E-state index in [1.807, 2.05) is 37.3 Å². The molecule has 4 nitrogen and oxygen atoms in total. The van der Waals surface area contributed by atoms with Crippen LogP contribution in [0.4, 0.5) is 5.69 Å². The minimum Gasteiger partial charge on any atom is -0.422 e. The van der Waals surface area contributed by atoms with E-state index < -0.39 is 11.5 Å². The predicted octanol–water partition coefficient (Wildman–Crippen LogP) is 5.82. The number of nitrogens with one attached hydrogen (secondary N) is 1. The van der Waals surface area contributed by atoms with E-state index in [9.17, 15) is 9.59 Å². The van der Waals surface area contributed by atoms with Crippen LogP contribution in [0.3, 0.4) is 0 Å². The van der Waals surface area contributed by atoms with E-state index in [1.165, 1.54) is 44.1 Å². The molecule has 3 aromatic rings. The third-order valence-electron chi connectivity index (χ3n) is 7.94. The number of hydrogen-bond acceptors (Lipinski definition) is 3. The molecular formula is C27H27NO3. The fourth-order valence-electron chi connectivity index (χ4n) is 6.91. The summed E-state index contributed by atoms with van der Waals surface area (Å²) in [6.45, 7) is 1.99. The maximum atomic E-state index is 12.8. The number of carbonyl (C=O) groups is 1. The lowest BCUT2D eigenvalue weighted by Gasteiger charge is -2.57. The SMILES string of the molecule is Cc1ccc(NC(=O)c2cc3cc(C45CC6CC(CC(C6)C4)C5)ccc3oc2=O)cc1. The Kier molecular flexibility index (Phi) is 4.14. The fourth-order valence-corrected chi connectivity index (χ4v) is 6.91. The summed E-state index contributed by atoms with van der Waals surface area (Å²) in [5.74, 6) is 2.17. The number of aryl methyl sites for hydroxylation is 1. The molecule has 4 aliphatic carbocycles. The first-order valence-corrected chi connectivity index (χ1v) is 11.4. The largest absolute Gasteiger partial charge is 0.422 e. The molecular weight excluding hydrogens is 386 g/mol. The maximum absolute atomic E-state index is 12.8. The van der Waals surface area contributed by atoms with Gasteiger partial charge in [-0.25, -0.2) is 4.79 Å². The van der Waals surface area contributed by atoms with Crippen molar-refractivity contribution in [3.63, 3.8) is 0 Å². The second kappa shape index (κ2) is 6.81. The van der Waals surface area contributed by atoms with Gasteiger partial charge in [-0.3, -0.25) is 4.79 Å². The van der Waals surface area contributed by atoms with Gasteiger partial charge in [0.2, 0.25) is 0 Å². The van der Waals surface area contributed by atoms with Crippen molar-refractivity contribution in [2.75, 3.05) is 5.32 Å². The molecule has 7 rings (SSSR count). The van der Waals surface area contributed by atoms with Gasteiger partial charge >= 0.3 is 5.63 Å². The summed E-state index contributed by atoms with van der Waals surface area (Å²) in [6, 6.07) is 15.5. The molecule has 4 aliphatic rings. The molecule has 0 saturated heterocycles. The molecule has 4 bridgehead atoms. The molecule has 1 aromatic heterocycles. The van der Waals surface area contributed by atoms with E-state index in [-0.39, 0.29) is 11.0 Å². The van der Waals surface area contributed by atoms with Crippen LogP contribution in [0.5, 0.6) is 0 Å². The van der Waals surface area contributed by atoms with Gasteiger partial charge in [0.25, 0.3) is 5.91 Å². The van der Waals surface area contributed by atoms with Crippen LogP contribution >= 0.6 is 0 Å². The third-order valence-corrected chi connectivity index (χ3v) is 7.94. The number of hydrogen-bond donors (Lipinski definition) is 1. The van der Waals surface area contributed by atoms with Crippen LogP contribution in [-0.4, -0.2) is 5.91 Å². The molecule has 4 fully saturated rings. The van der Waals surface area contributed by atoms with E-state index in [1.54, 1.807) is 6.07 Å². The molecule has 2 aromatic carbocycles. The fraction of sp³-hybridized carbons (Fsp3) is 0.407. The number of carbonyl (C=O) groups excluding carboxylic acids is 1. The zero-order chi connectivity index (χ0) is 21.2. The number of rotatable bonds is 3. The van der Waals surface area contributed by atoms with E-state index in [0.717, 1.165) is 28.7 Å². The first-order chi connectivity index (χ1) is 15.0. The summed E-state index contributed by atoms with van der Waals surface area (Å²) in [5.41, 5.74) is 3.40. The van der Waals surface area contributed by atoms with Crippen LogP contribution < -0.4 is 10.9 Å². The molecule has 1 N–H and O–H groups in total. The van der Waals surface area contributed by atoms with Crippen molar-refractivity contribution >= 4 is 22.6 Å². The van der Waals surface area contributed by atoms with Gasteiger partial charge < -0.3 is 9.73 Å². The maximum Gasteiger partial charge on any atom is 0.349 e. The first kappa shape index (κ1) is 18.9. The highest BCUT2D eigenvalue weighted by Gasteiger charge is 2.51. The number of amides is 1. The van der Waals surface area contributed by atoms with Gasteiger partial charge in [-0.05, 0) is 105 Å². The monoisotopic (exact) mass is 413 g/mol. The Morgan fingerprint density at radius 1 is 0.935 bits per heavy atom. The van der Waals surface area contributed by atoms with Crippen LogP contribution in [0.25, 0.3) is 11.0 Å². The Labute approximate surface area is 181 Å². The highest BCUT2D eigenvalue weighted by atomic mass is 16.4. The summed E-state index contributed by atoms with van der Waals surface area (Å²) in [5, 5.41) is 3.65. The number of benzene rings is 2. The van der Waals surface area contributed by atoms with Crippen LogP contribution in [0.15, 0.2) is 57.7 Å². The van der Waals surface area contributed by atoms with Gasteiger partial charge in [0, 0.05) is 11.1 Å². The summed E-state index contributed by atoms with van der Waals surface area (Å²) >= 11 is 0. The molecule has 0 unspecified atom stereocenters. The summed E-state index contributed by atoms with van der Waals surface area (Å²) in [6.07, 6.45) is 8.06. The van der Waals surface area contributed by atoms with Crippen molar-refractivity contribution in [2.24, 2.45) is 17.8 Å². The molecule has 0 atom stereocenters. The summed E-state index contributed by atoms with van der Waals surface area (Å²) in [4.78, 5) is 25.3. The minimum atomic E-state index is -0.598.